The second kappa shape index (κ2) is 6.54. The lowest BCUT2D eigenvalue weighted by Gasteiger charge is -2.12. The normalized spacial score (nSPS) is 11.6. The summed E-state index contributed by atoms with van der Waals surface area (Å²) >= 11 is 11.7. The van der Waals surface area contributed by atoms with Crippen molar-refractivity contribution in [3.05, 3.63) is 33.8 Å². The SMILES string of the molecule is C#CC(CCC)NC(=O)c1cc(Cl)ccc1Cl. The molecule has 0 aromatic heterocycles. The Hall–Kier alpha value is -1.17. The molecule has 17 heavy (non-hydrogen) atoms. The predicted molar refractivity (Wildman–Crippen MR) is 71.5 cm³/mol. The Morgan fingerprint density at radius 1 is 1.53 bits per heavy atom. The molecule has 90 valence electrons. The molecule has 1 amide bonds. The van der Waals surface area contributed by atoms with Crippen molar-refractivity contribution >= 4 is 29.1 Å². The average Bonchev–Trinajstić information content (AvgIpc) is 2.31. The van der Waals surface area contributed by atoms with Gasteiger partial charge in [0.2, 0.25) is 0 Å². The average molecular weight is 270 g/mol. The van der Waals surface area contributed by atoms with Crippen LogP contribution in [0.3, 0.4) is 0 Å². The second-order valence-corrected chi connectivity index (χ2v) is 4.45. The highest BCUT2D eigenvalue weighted by Crippen LogP contribution is 2.20. The van der Waals surface area contributed by atoms with E-state index in [-0.39, 0.29) is 11.9 Å². The number of terminal acetylenes is 1. The topological polar surface area (TPSA) is 29.1 Å². The number of rotatable bonds is 4. The smallest absolute Gasteiger partial charge is 0.253 e. The lowest BCUT2D eigenvalue weighted by Crippen LogP contribution is -2.33. The van der Waals surface area contributed by atoms with Gasteiger partial charge in [0.15, 0.2) is 0 Å². The van der Waals surface area contributed by atoms with Crippen LogP contribution in [-0.4, -0.2) is 11.9 Å². The van der Waals surface area contributed by atoms with Gasteiger partial charge in [-0.05, 0) is 24.6 Å². The Morgan fingerprint density at radius 2 is 2.24 bits per heavy atom. The standard InChI is InChI=1S/C13H13Cl2NO/c1-3-5-10(4-2)16-13(17)11-8-9(14)6-7-12(11)15/h2,6-8,10H,3,5H2,1H3,(H,16,17). The molecule has 0 aliphatic carbocycles. The zero-order valence-electron chi connectivity index (χ0n) is 9.47. The van der Waals surface area contributed by atoms with Gasteiger partial charge >= 0.3 is 0 Å². The van der Waals surface area contributed by atoms with Crippen molar-refractivity contribution in [2.45, 2.75) is 25.8 Å². The van der Waals surface area contributed by atoms with Gasteiger partial charge in [-0.1, -0.05) is 42.5 Å². The number of carbonyl (C=O) groups excluding carboxylic acids is 1. The molecule has 1 aromatic carbocycles. The number of carbonyl (C=O) groups is 1. The maximum absolute atomic E-state index is 11.9. The van der Waals surface area contributed by atoms with Crippen LogP contribution in [0.2, 0.25) is 10.0 Å². The third-order valence-corrected chi connectivity index (χ3v) is 2.82. The second-order valence-electron chi connectivity index (χ2n) is 3.61. The highest BCUT2D eigenvalue weighted by Gasteiger charge is 2.14. The first-order valence-corrected chi connectivity index (χ1v) is 6.06. The first-order chi connectivity index (χ1) is 8.08. The Bertz CT molecular complexity index is 451. The third kappa shape index (κ3) is 3.96. The fraction of sp³-hybridized carbons (Fsp3) is 0.308. The largest absolute Gasteiger partial charge is 0.338 e. The molecule has 1 unspecified atom stereocenters. The lowest BCUT2D eigenvalue weighted by atomic mass is 10.1. The van der Waals surface area contributed by atoms with Crippen LogP contribution in [0.25, 0.3) is 0 Å². The molecule has 0 bridgehead atoms. The molecule has 1 aromatic rings. The van der Waals surface area contributed by atoms with E-state index in [2.05, 4.69) is 11.2 Å². The van der Waals surface area contributed by atoms with E-state index in [1.165, 1.54) is 6.07 Å². The van der Waals surface area contributed by atoms with Crippen molar-refractivity contribution < 1.29 is 4.79 Å². The van der Waals surface area contributed by atoms with Gasteiger partial charge in [-0.25, -0.2) is 0 Å². The molecular weight excluding hydrogens is 257 g/mol. The monoisotopic (exact) mass is 269 g/mol. The Kier molecular flexibility index (Phi) is 5.34. The van der Waals surface area contributed by atoms with Gasteiger partial charge in [-0.2, -0.15) is 0 Å². The molecule has 0 spiro atoms. The summed E-state index contributed by atoms with van der Waals surface area (Å²) < 4.78 is 0. The van der Waals surface area contributed by atoms with Gasteiger partial charge in [0.1, 0.15) is 0 Å². The zero-order chi connectivity index (χ0) is 12.8. The minimum atomic E-state index is -0.297. The summed E-state index contributed by atoms with van der Waals surface area (Å²) in [5.41, 5.74) is 0.343. The van der Waals surface area contributed by atoms with Crippen LogP contribution in [0, 0.1) is 12.3 Å². The summed E-state index contributed by atoms with van der Waals surface area (Å²) in [7, 11) is 0. The molecule has 2 nitrogen and oxygen atoms in total. The fourth-order valence-corrected chi connectivity index (χ4v) is 1.77. The van der Waals surface area contributed by atoms with Gasteiger partial charge in [-0.15, -0.1) is 6.42 Å². The summed E-state index contributed by atoms with van der Waals surface area (Å²) in [6.07, 6.45) is 6.97. The van der Waals surface area contributed by atoms with Crippen LogP contribution in [0.4, 0.5) is 0 Å². The zero-order valence-corrected chi connectivity index (χ0v) is 11.0. The van der Waals surface area contributed by atoms with Gasteiger partial charge in [0.05, 0.1) is 16.6 Å². The maximum atomic E-state index is 11.9. The summed E-state index contributed by atoms with van der Waals surface area (Å²) in [5, 5.41) is 3.56. The quantitative estimate of drug-likeness (QED) is 0.833. The molecule has 0 fully saturated rings. The van der Waals surface area contributed by atoms with Crippen molar-refractivity contribution in [2.24, 2.45) is 0 Å². The minimum Gasteiger partial charge on any atom is -0.338 e. The highest BCUT2D eigenvalue weighted by molar-refractivity contribution is 6.35. The van der Waals surface area contributed by atoms with E-state index in [4.69, 9.17) is 29.6 Å². The van der Waals surface area contributed by atoms with Crippen molar-refractivity contribution in [1.29, 1.82) is 0 Å². The number of halogens is 2. The third-order valence-electron chi connectivity index (χ3n) is 2.26. The maximum Gasteiger partial charge on any atom is 0.253 e. The molecule has 0 aliphatic heterocycles. The number of hydrogen-bond donors (Lipinski definition) is 1. The number of amides is 1. The van der Waals surface area contributed by atoms with Crippen molar-refractivity contribution in [3.63, 3.8) is 0 Å². The minimum absolute atomic E-state index is 0.275. The molecule has 0 radical (unpaired) electrons. The van der Waals surface area contributed by atoms with E-state index in [9.17, 15) is 4.79 Å². The van der Waals surface area contributed by atoms with Crippen molar-refractivity contribution in [3.8, 4) is 12.3 Å². The van der Waals surface area contributed by atoms with E-state index in [0.717, 1.165) is 12.8 Å². The first-order valence-electron chi connectivity index (χ1n) is 5.30. The summed E-state index contributed by atoms with van der Waals surface area (Å²) in [5.74, 6) is 2.23. The van der Waals surface area contributed by atoms with E-state index in [1.54, 1.807) is 12.1 Å². The summed E-state index contributed by atoms with van der Waals surface area (Å²) in [4.78, 5) is 11.9. The highest BCUT2D eigenvalue weighted by atomic mass is 35.5. The van der Waals surface area contributed by atoms with Gasteiger partial charge in [0, 0.05) is 5.02 Å². The lowest BCUT2D eigenvalue weighted by molar-refractivity contribution is 0.0944. The van der Waals surface area contributed by atoms with E-state index < -0.39 is 0 Å². The van der Waals surface area contributed by atoms with Crippen LogP contribution in [0.1, 0.15) is 30.1 Å². The first kappa shape index (κ1) is 13.9. The van der Waals surface area contributed by atoms with Crippen molar-refractivity contribution in [2.75, 3.05) is 0 Å². The Morgan fingerprint density at radius 3 is 2.82 bits per heavy atom. The van der Waals surface area contributed by atoms with Gasteiger partial charge < -0.3 is 5.32 Å². The molecule has 0 saturated heterocycles. The van der Waals surface area contributed by atoms with E-state index >= 15 is 0 Å². The summed E-state index contributed by atoms with van der Waals surface area (Å²) in [6, 6.07) is 4.47. The van der Waals surface area contributed by atoms with Crippen LogP contribution >= 0.6 is 23.2 Å². The number of hydrogen-bond acceptors (Lipinski definition) is 1. The molecule has 1 rings (SSSR count). The van der Waals surface area contributed by atoms with Crippen LogP contribution < -0.4 is 5.32 Å². The molecule has 4 heteroatoms. The summed E-state index contributed by atoms with van der Waals surface area (Å²) in [6.45, 7) is 2.00. The van der Waals surface area contributed by atoms with E-state index in [1.807, 2.05) is 6.92 Å². The van der Waals surface area contributed by atoms with Gasteiger partial charge in [0.25, 0.3) is 5.91 Å². The molecule has 1 N–H and O–H groups in total. The van der Waals surface area contributed by atoms with Crippen LogP contribution in [-0.2, 0) is 0 Å². The predicted octanol–water partition coefficient (Wildman–Crippen LogP) is 3.53. The molecule has 0 aliphatic rings. The number of nitrogens with one attached hydrogen (secondary N) is 1. The van der Waals surface area contributed by atoms with Crippen LogP contribution in [0.15, 0.2) is 18.2 Å². The Balaban J connectivity index is 2.83. The van der Waals surface area contributed by atoms with Gasteiger partial charge in [-0.3, -0.25) is 4.79 Å². The van der Waals surface area contributed by atoms with Crippen LogP contribution in [0.5, 0.6) is 0 Å². The van der Waals surface area contributed by atoms with Crippen molar-refractivity contribution in [1.82, 2.24) is 5.32 Å². The molecule has 1 atom stereocenters. The Labute approximate surface area is 111 Å². The fourth-order valence-electron chi connectivity index (χ4n) is 1.39. The molecular formula is C13H13Cl2NO. The number of benzene rings is 1. The van der Waals surface area contributed by atoms with E-state index in [0.29, 0.717) is 15.6 Å². The molecule has 0 saturated carbocycles. The molecule has 0 heterocycles.